The number of rotatable bonds is 4. The van der Waals surface area contributed by atoms with Crippen LogP contribution in [0.15, 0.2) is 30.3 Å². The molecule has 0 heterocycles. The summed E-state index contributed by atoms with van der Waals surface area (Å²) in [4.78, 5) is 10.8. The summed E-state index contributed by atoms with van der Waals surface area (Å²) >= 11 is 0. The lowest BCUT2D eigenvalue weighted by atomic mass is 10.1. The number of likely N-dealkylation sites (N-methyl/N-ethyl adjacent to an activating group) is 1. The number of carbonyl (C=O) groups is 1. The van der Waals surface area contributed by atoms with Crippen LogP contribution in [0.1, 0.15) is 5.56 Å². The maximum Gasteiger partial charge on any atom is 0.322 e. The summed E-state index contributed by atoms with van der Waals surface area (Å²) in [7, 11) is 1.56. The highest BCUT2D eigenvalue weighted by molar-refractivity contribution is 5.73. The van der Waals surface area contributed by atoms with Crippen molar-refractivity contribution in [1.82, 2.24) is 5.01 Å². The average Bonchev–Trinajstić information content (AvgIpc) is 2.15. The van der Waals surface area contributed by atoms with Crippen molar-refractivity contribution in [1.29, 1.82) is 0 Å². The van der Waals surface area contributed by atoms with E-state index < -0.39 is 12.0 Å². The first-order chi connectivity index (χ1) is 6.61. The normalized spacial score (nSPS) is 12.8. The molecule has 0 fully saturated rings. The van der Waals surface area contributed by atoms with Gasteiger partial charge in [0.15, 0.2) is 0 Å². The van der Waals surface area contributed by atoms with Crippen molar-refractivity contribution in [2.75, 3.05) is 7.05 Å². The molecule has 76 valence electrons. The lowest BCUT2D eigenvalue weighted by Gasteiger charge is -2.19. The highest BCUT2D eigenvalue weighted by Crippen LogP contribution is 2.05. The van der Waals surface area contributed by atoms with Crippen LogP contribution in [0.3, 0.4) is 0 Å². The fourth-order valence-electron chi connectivity index (χ4n) is 1.24. The minimum Gasteiger partial charge on any atom is -0.480 e. The lowest BCUT2D eigenvalue weighted by molar-refractivity contribution is -0.142. The fraction of sp³-hybridized carbons (Fsp3) is 0.300. The zero-order valence-corrected chi connectivity index (χ0v) is 8.05. The highest BCUT2D eigenvalue weighted by Gasteiger charge is 2.20. The first-order valence-corrected chi connectivity index (χ1v) is 4.35. The first-order valence-electron chi connectivity index (χ1n) is 4.35. The molecule has 4 nitrogen and oxygen atoms in total. The second-order valence-electron chi connectivity index (χ2n) is 3.21. The number of aliphatic carboxylic acids is 1. The monoisotopic (exact) mass is 194 g/mol. The molecule has 0 spiro atoms. The van der Waals surface area contributed by atoms with Gasteiger partial charge >= 0.3 is 5.97 Å². The number of hydrogen-bond acceptors (Lipinski definition) is 3. The Balaban J connectivity index is 2.70. The van der Waals surface area contributed by atoms with Gasteiger partial charge in [-0.3, -0.25) is 10.6 Å². The third kappa shape index (κ3) is 2.83. The van der Waals surface area contributed by atoms with E-state index in [0.717, 1.165) is 5.56 Å². The maximum atomic E-state index is 10.8. The van der Waals surface area contributed by atoms with Crippen LogP contribution in [-0.2, 0) is 11.2 Å². The number of carboxylic acids is 1. The van der Waals surface area contributed by atoms with Gasteiger partial charge in [-0.1, -0.05) is 30.3 Å². The van der Waals surface area contributed by atoms with E-state index in [1.165, 1.54) is 5.01 Å². The number of hydrogen-bond donors (Lipinski definition) is 2. The van der Waals surface area contributed by atoms with Crippen molar-refractivity contribution >= 4 is 5.97 Å². The molecule has 14 heavy (non-hydrogen) atoms. The Kier molecular flexibility index (Phi) is 3.62. The van der Waals surface area contributed by atoms with Crippen LogP contribution in [0.4, 0.5) is 0 Å². The largest absolute Gasteiger partial charge is 0.480 e. The summed E-state index contributed by atoms with van der Waals surface area (Å²) in [5.74, 6) is 4.53. The number of benzene rings is 1. The van der Waals surface area contributed by atoms with Gasteiger partial charge in [0.1, 0.15) is 6.04 Å². The zero-order valence-electron chi connectivity index (χ0n) is 8.05. The van der Waals surface area contributed by atoms with Crippen molar-refractivity contribution < 1.29 is 9.90 Å². The molecular formula is C10H14N2O2. The van der Waals surface area contributed by atoms with E-state index in [2.05, 4.69) is 0 Å². The molecular weight excluding hydrogens is 180 g/mol. The third-order valence-corrected chi connectivity index (χ3v) is 2.05. The summed E-state index contributed by atoms with van der Waals surface area (Å²) in [5.41, 5.74) is 0.970. The van der Waals surface area contributed by atoms with E-state index in [4.69, 9.17) is 10.9 Å². The smallest absolute Gasteiger partial charge is 0.322 e. The minimum absolute atomic E-state index is 0.420. The molecule has 0 saturated carbocycles. The van der Waals surface area contributed by atoms with Crippen LogP contribution < -0.4 is 5.84 Å². The van der Waals surface area contributed by atoms with Gasteiger partial charge in [0.05, 0.1) is 0 Å². The van der Waals surface area contributed by atoms with Gasteiger partial charge in [0.2, 0.25) is 0 Å². The Bertz CT molecular complexity index is 298. The van der Waals surface area contributed by atoms with Crippen LogP contribution in [-0.4, -0.2) is 29.2 Å². The van der Waals surface area contributed by atoms with E-state index >= 15 is 0 Å². The van der Waals surface area contributed by atoms with Gasteiger partial charge in [-0.15, -0.1) is 0 Å². The average molecular weight is 194 g/mol. The molecule has 0 aliphatic heterocycles. The van der Waals surface area contributed by atoms with Crippen LogP contribution in [0.25, 0.3) is 0 Å². The van der Waals surface area contributed by atoms with Crippen molar-refractivity contribution in [2.24, 2.45) is 5.84 Å². The Hall–Kier alpha value is -1.39. The molecule has 0 bridgehead atoms. The molecule has 0 saturated heterocycles. The molecule has 3 N–H and O–H groups in total. The molecule has 1 aromatic carbocycles. The molecule has 0 radical (unpaired) electrons. The molecule has 1 unspecified atom stereocenters. The Morgan fingerprint density at radius 2 is 2.07 bits per heavy atom. The molecule has 0 aliphatic carbocycles. The lowest BCUT2D eigenvalue weighted by Crippen LogP contribution is -2.44. The molecule has 1 atom stereocenters. The standard InChI is InChI=1S/C10H14N2O2/c1-12(11)9(10(13)14)7-8-5-3-2-4-6-8/h2-6,9H,7,11H2,1H3,(H,13,14). The van der Waals surface area contributed by atoms with Crippen molar-refractivity contribution in [3.05, 3.63) is 35.9 Å². The minimum atomic E-state index is -0.904. The SMILES string of the molecule is CN(N)C(Cc1ccccc1)C(=O)O. The number of nitrogens with zero attached hydrogens (tertiary/aromatic N) is 1. The van der Waals surface area contributed by atoms with Gasteiger partial charge in [-0.25, -0.2) is 5.01 Å². The van der Waals surface area contributed by atoms with Crippen LogP contribution in [0, 0.1) is 0 Å². The second kappa shape index (κ2) is 4.74. The van der Waals surface area contributed by atoms with E-state index in [1.807, 2.05) is 30.3 Å². The fourth-order valence-corrected chi connectivity index (χ4v) is 1.24. The van der Waals surface area contributed by atoms with Crippen molar-refractivity contribution in [3.8, 4) is 0 Å². The van der Waals surface area contributed by atoms with Crippen LogP contribution >= 0.6 is 0 Å². The van der Waals surface area contributed by atoms with E-state index in [-0.39, 0.29) is 0 Å². The number of nitrogens with two attached hydrogens (primary N) is 1. The van der Waals surface area contributed by atoms with Crippen molar-refractivity contribution in [2.45, 2.75) is 12.5 Å². The quantitative estimate of drug-likeness (QED) is 0.540. The second-order valence-corrected chi connectivity index (χ2v) is 3.21. The third-order valence-electron chi connectivity index (χ3n) is 2.05. The molecule has 0 amide bonds. The van der Waals surface area contributed by atoms with E-state index in [9.17, 15) is 4.79 Å². The molecule has 1 rings (SSSR count). The predicted octanol–water partition coefficient (Wildman–Crippen LogP) is 0.488. The van der Waals surface area contributed by atoms with Gasteiger partial charge in [-0.05, 0) is 12.0 Å². The summed E-state index contributed by atoms with van der Waals surface area (Å²) in [6.07, 6.45) is 0.420. The van der Waals surface area contributed by atoms with Gasteiger partial charge in [-0.2, -0.15) is 0 Å². The number of carboxylic acid groups (broad SMARTS) is 1. The summed E-state index contributed by atoms with van der Waals surface area (Å²) < 4.78 is 0. The summed E-state index contributed by atoms with van der Waals surface area (Å²) in [5, 5.41) is 10.1. The highest BCUT2D eigenvalue weighted by atomic mass is 16.4. The van der Waals surface area contributed by atoms with Gasteiger partial charge in [0.25, 0.3) is 0 Å². The maximum absolute atomic E-state index is 10.8. The molecule has 4 heteroatoms. The van der Waals surface area contributed by atoms with Gasteiger partial charge in [0, 0.05) is 7.05 Å². The molecule has 0 aliphatic rings. The molecule has 0 aromatic heterocycles. The van der Waals surface area contributed by atoms with Gasteiger partial charge < -0.3 is 5.11 Å². The Morgan fingerprint density at radius 3 is 2.50 bits per heavy atom. The Labute approximate surface area is 82.9 Å². The molecule has 1 aromatic rings. The summed E-state index contributed by atoms with van der Waals surface area (Å²) in [6.45, 7) is 0. The van der Waals surface area contributed by atoms with Crippen molar-refractivity contribution in [3.63, 3.8) is 0 Å². The Morgan fingerprint density at radius 1 is 1.50 bits per heavy atom. The van der Waals surface area contributed by atoms with Crippen LogP contribution in [0.5, 0.6) is 0 Å². The predicted molar refractivity (Wildman–Crippen MR) is 53.5 cm³/mol. The van der Waals surface area contributed by atoms with E-state index in [0.29, 0.717) is 6.42 Å². The van der Waals surface area contributed by atoms with Crippen LogP contribution in [0.2, 0.25) is 0 Å². The summed E-state index contributed by atoms with van der Waals surface area (Å²) in [6, 6.07) is 8.76. The first kappa shape index (κ1) is 10.7. The van der Waals surface area contributed by atoms with E-state index in [1.54, 1.807) is 7.05 Å². The topological polar surface area (TPSA) is 66.6 Å². The zero-order chi connectivity index (χ0) is 10.6. The number of hydrazine groups is 1.